The minimum absolute atomic E-state index is 0.0476. The molecule has 1 radical (unpaired) electrons. The number of amides is 1. The molecule has 1 N–H and O–H groups in total. The van der Waals surface area contributed by atoms with Crippen molar-refractivity contribution in [1.29, 1.82) is 5.26 Å². The average molecular weight is 472 g/mol. The summed E-state index contributed by atoms with van der Waals surface area (Å²) < 4.78 is 45.1. The molecule has 1 amide bonds. The Labute approximate surface area is 192 Å². The summed E-state index contributed by atoms with van der Waals surface area (Å²) in [6.07, 6.45) is -4.75. The van der Waals surface area contributed by atoms with Gasteiger partial charge >= 0.3 is 6.18 Å². The minimum Gasteiger partial charge on any atom is -0.483 e. The molecular formula is C24H15ClF3N2O3. The molecule has 0 aromatic heterocycles. The van der Waals surface area contributed by atoms with E-state index in [2.05, 4.69) is 11.4 Å². The number of nitrogens with zero attached hydrogens (tertiary/aromatic N) is 1. The van der Waals surface area contributed by atoms with Gasteiger partial charge in [0, 0.05) is 16.3 Å². The lowest BCUT2D eigenvalue weighted by atomic mass is 9.98. The van der Waals surface area contributed by atoms with Crippen LogP contribution in [0.4, 0.5) is 18.9 Å². The summed E-state index contributed by atoms with van der Waals surface area (Å²) in [5.74, 6) is -1.40. The predicted octanol–water partition coefficient (Wildman–Crippen LogP) is 5.59. The van der Waals surface area contributed by atoms with Crippen LogP contribution >= 0.6 is 11.6 Å². The summed E-state index contributed by atoms with van der Waals surface area (Å²) in [6, 6.07) is 15.8. The number of ketones is 1. The van der Waals surface area contributed by atoms with Crippen LogP contribution in [0.5, 0.6) is 5.75 Å². The van der Waals surface area contributed by atoms with Gasteiger partial charge in [0.15, 0.2) is 12.4 Å². The summed E-state index contributed by atoms with van der Waals surface area (Å²) in [5.41, 5.74) is -0.635. The van der Waals surface area contributed by atoms with Gasteiger partial charge in [-0.3, -0.25) is 9.59 Å². The molecule has 33 heavy (non-hydrogen) atoms. The van der Waals surface area contributed by atoms with Gasteiger partial charge in [0.25, 0.3) is 5.91 Å². The van der Waals surface area contributed by atoms with E-state index in [1.54, 1.807) is 31.2 Å². The third-order valence-electron chi connectivity index (χ3n) is 4.54. The molecule has 5 nitrogen and oxygen atoms in total. The van der Waals surface area contributed by atoms with Crippen LogP contribution in [0.3, 0.4) is 0 Å². The Kier molecular flexibility index (Phi) is 7.04. The third-order valence-corrected chi connectivity index (χ3v) is 4.78. The summed E-state index contributed by atoms with van der Waals surface area (Å²) >= 11 is 5.98. The summed E-state index contributed by atoms with van der Waals surface area (Å²) in [5, 5.41) is 11.9. The van der Waals surface area contributed by atoms with Crippen molar-refractivity contribution < 1.29 is 27.5 Å². The lowest BCUT2D eigenvalue weighted by Gasteiger charge is -2.13. The molecule has 0 aliphatic carbocycles. The average Bonchev–Trinajstić information content (AvgIpc) is 2.78. The Morgan fingerprint density at radius 1 is 1.18 bits per heavy atom. The normalized spacial score (nSPS) is 10.9. The van der Waals surface area contributed by atoms with Crippen LogP contribution < -0.4 is 10.1 Å². The molecule has 9 heteroatoms. The van der Waals surface area contributed by atoms with Gasteiger partial charge in [0.2, 0.25) is 0 Å². The van der Waals surface area contributed by atoms with Crippen molar-refractivity contribution in [3.8, 4) is 11.8 Å². The number of carbonyl (C=O) groups is 2. The predicted molar refractivity (Wildman–Crippen MR) is 115 cm³/mol. The molecule has 3 aromatic rings. The monoisotopic (exact) mass is 471 g/mol. The summed E-state index contributed by atoms with van der Waals surface area (Å²) in [7, 11) is 0. The third kappa shape index (κ3) is 5.90. The number of hydrogen-bond donors (Lipinski definition) is 1. The zero-order chi connectivity index (χ0) is 24.2. The summed E-state index contributed by atoms with van der Waals surface area (Å²) in [4.78, 5) is 25.3. The van der Waals surface area contributed by atoms with E-state index in [0.29, 0.717) is 17.8 Å². The van der Waals surface area contributed by atoms with Crippen LogP contribution in [-0.2, 0) is 11.0 Å². The van der Waals surface area contributed by atoms with E-state index < -0.39 is 30.0 Å². The highest BCUT2D eigenvalue weighted by Crippen LogP contribution is 2.32. The quantitative estimate of drug-likeness (QED) is 0.475. The lowest BCUT2D eigenvalue weighted by molar-refractivity contribution is -0.137. The van der Waals surface area contributed by atoms with Gasteiger partial charge < -0.3 is 10.1 Å². The van der Waals surface area contributed by atoms with Crippen LogP contribution in [0.1, 0.15) is 32.6 Å². The van der Waals surface area contributed by atoms with Crippen LogP contribution in [0, 0.1) is 24.3 Å². The molecule has 0 spiro atoms. The van der Waals surface area contributed by atoms with Crippen LogP contribution in [0.15, 0.2) is 54.6 Å². The second-order valence-corrected chi connectivity index (χ2v) is 7.39. The number of nitrogens with one attached hydrogen (secondary N) is 1. The highest BCUT2D eigenvalue weighted by Gasteiger charge is 2.32. The number of ether oxygens (including phenoxy) is 1. The van der Waals surface area contributed by atoms with E-state index in [-0.39, 0.29) is 27.5 Å². The van der Waals surface area contributed by atoms with Crippen molar-refractivity contribution in [2.24, 2.45) is 0 Å². The van der Waals surface area contributed by atoms with Gasteiger partial charge in [-0.15, -0.1) is 0 Å². The number of alkyl halides is 3. The smallest absolute Gasteiger partial charge is 0.416 e. The van der Waals surface area contributed by atoms with Gasteiger partial charge in [-0.05, 0) is 67.1 Å². The van der Waals surface area contributed by atoms with Gasteiger partial charge in [0.05, 0.1) is 22.8 Å². The number of aryl methyl sites for hydroxylation is 1. The second-order valence-electron chi connectivity index (χ2n) is 6.96. The van der Waals surface area contributed by atoms with Crippen molar-refractivity contribution in [2.75, 3.05) is 11.9 Å². The second kappa shape index (κ2) is 9.76. The van der Waals surface area contributed by atoms with Crippen LogP contribution in [0.25, 0.3) is 0 Å². The van der Waals surface area contributed by atoms with E-state index in [4.69, 9.17) is 21.6 Å². The van der Waals surface area contributed by atoms with E-state index in [1.807, 2.05) is 0 Å². The van der Waals surface area contributed by atoms with Gasteiger partial charge in [-0.1, -0.05) is 17.7 Å². The minimum atomic E-state index is -4.75. The number of carbonyl (C=O) groups excluding carboxylic acids is 2. The number of hydrogen-bond acceptors (Lipinski definition) is 4. The van der Waals surface area contributed by atoms with Crippen molar-refractivity contribution in [1.82, 2.24) is 0 Å². The van der Waals surface area contributed by atoms with E-state index in [1.165, 1.54) is 18.2 Å². The molecule has 3 rings (SSSR count). The van der Waals surface area contributed by atoms with Crippen molar-refractivity contribution in [3.63, 3.8) is 0 Å². The molecule has 167 valence electrons. The molecule has 0 aliphatic rings. The highest BCUT2D eigenvalue weighted by molar-refractivity contribution is 6.31. The Bertz CT molecular complexity index is 1270. The van der Waals surface area contributed by atoms with Crippen molar-refractivity contribution in [3.05, 3.63) is 93.5 Å². The number of anilines is 1. The molecular weight excluding hydrogens is 457 g/mol. The number of rotatable bonds is 6. The lowest BCUT2D eigenvalue weighted by Crippen LogP contribution is -2.21. The maximum absolute atomic E-state index is 13.2. The summed E-state index contributed by atoms with van der Waals surface area (Å²) in [6.45, 7) is 1.32. The fraction of sp³-hybridized carbons (Fsp3) is 0.125. The molecule has 0 saturated heterocycles. The molecule has 0 atom stereocenters. The number of benzene rings is 3. The van der Waals surface area contributed by atoms with Crippen LogP contribution in [0.2, 0.25) is 5.02 Å². The van der Waals surface area contributed by atoms with E-state index >= 15 is 0 Å². The van der Waals surface area contributed by atoms with E-state index in [0.717, 1.165) is 11.6 Å². The Hall–Kier alpha value is -3.83. The molecule has 0 heterocycles. The number of halogens is 4. The maximum Gasteiger partial charge on any atom is 0.416 e. The van der Waals surface area contributed by atoms with Crippen molar-refractivity contribution in [2.45, 2.75) is 13.1 Å². The van der Waals surface area contributed by atoms with Crippen molar-refractivity contribution >= 4 is 29.0 Å². The fourth-order valence-electron chi connectivity index (χ4n) is 2.93. The molecule has 3 aromatic carbocycles. The molecule has 0 fully saturated rings. The first kappa shape index (κ1) is 23.8. The zero-order valence-electron chi connectivity index (χ0n) is 17.1. The molecule has 0 aliphatic heterocycles. The highest BCUT2D eigenvalue weighted by atomic mass is 35.5. The molecule has 0 unspecified atom stereocenters. The van der Waals surface area contributed by atoms with Gasteiger partial charge in [-0.25, -0.2) is 0 Å². The first-order valence-electron chi connectivity index (χ1n) is 9.44. The SMILES string of the molecule is Cc1c[c]ccc1NC(=O)COc1ccc(Cl)cc1C(=O)c1cc(C#N)cc(C(F)(F)F)c1. The standard InChI is InChI=1S/C24H15ClF3N2O3/c1-14-4-2-3-5-20(14)30-22(31)13-33-21-7-6-18(25)11-19(21)23(32)16-8-15(12-29)9-17(10-16)24(26,27)28/h3-11H,13H2,1H3,(H,30,31). The van der Waals surface area contributed by atoms with E-state index in [9.17, 15) is 22.8 Å². The first-order chi connectivity index (χ1) is 15.6. The Morgan fingerprint density at radius 3 is 2.61 bits per heavy atom. The van der Waals surface area contributed by atoms with Gasteiger partial charge in [-0.2, -0.15) is 18.4 Å². The molecule has 0 saturated carbocycles. The largest absolute Gasteiger partial charge is 0.483 e. The maximum atomic E-state index is 13.2. The van der Waals surface area contributed by atoms with Gasteiger partial charge in [0.1, 0.15) is 5.75 Å². The Balaban J connectivity index is 1.87. The zero-order valence-corrected chi connectivity index (χ0v) is 17.8. The Morgan fingerprint density at radius 2 is 1.94 bits per heavy atom. The fourth-order valence-corrected chi connectivity index (χ4v) is 3.10. The number of nitriles is 1. The van der Waals surface area contributed by atoms with Crippen LogP contribution in [-0.4, -0.2) is 18.3 Å². The topological polar surface area (TPSA) is 79.2 Å². The first-order valence-corrected chi connectivity index (χ1v) is 9.82. The molecule has 0 bridgehead atoms.